The van der Waals surface area contributed by atoms with Gasteiger partial charge in [-0.1, -0.05) is 13.8 Å². The lowest BCUT2D eigenvalue weighted by Gasteiger charge is -2.20. The second-order valence-corrected chi connectivity index (χ2v) is 7.64. The van der Waals surface area contributed by atoms with Gasteiger partial charge in [-0.3, -0.25) is 9.79 Å². The lowest BCUT2D eigenvalue weighted by Crippen LogP contribution is -2.45. The molecule has 23 heavy (non-hydrogen) atoms. The highest BCUT2D eigenvalue weighted by molar-refractivity contribution is 14.0. The Balaban J connectivity index is 0.00000264. The SMILES string of the molecule is CN=C(NCc1cc(Br)cs1)NC1CCN(C(=O)C(C)C)C1.I. The number of rotatable bonds is 4. The summed E-state index contributed by atoms with van der Waals surface area (Å²) in [6.07, 6.45) is 0.962. The molecule has 1 aromatic rings. The fourth-order valence-electron chi connectivity index (χ4n) is 2.45. The van der Waals surface area contributed by atoms with E-state index in [9.17, 15) is 4.79 Å². The van der Waals surface area contributed by atoms with E-state index in [1.807, 2.05) is 18.7 Å². The van der Waals surface area contributed by atoms with Crippen molar-refractivity contribution in [1.29, 1.82) is 0 Å². The number of carbonyl (C=O) groups is 1. The summed E-state index contributed by atoms with van der Waals surface area (Å²) >= 11 is 5.17. The van der Waals surface area contributed by atoms with Gasteiger partial charge in [0.05, 0.1) is 6.54 Å². The van der Waals surface area contributed by atoms with Crippen LogP contribution in [0.15, 0.2) is 20.9 Å². The summed E-state index contributed by atoms with van der Waals surface area (Å²) in [6, 6.07) is 2.37. The molecule has 8 heteroatoms. The van der Waals surface area contributed by atoms with Gasteiger partial charge in [-0.2, -0.15) is 0 Å². The predicted octanol–water partition coefficient (Wildman–Crippen LogP) is 3.05. The molecule has 5 nitrogen and oxygen atoms in total. The number of thiophene rings is 1. The third-order valence-electron chi connectivity index (χ3n) is 3.61. The first-order valence-electron chi connectivity index (χ1n) is 7.48. The van der Waals surface area contributed by atoms with E-state index < -0.39 is 0 Å². The summed E-state index contributed by atoms with van der Waals surface area (Å²) in [5.74, 6) is 1.08. The van der Waals surface area contributed by atoms with E-state index in [1.54, 1.807) is 18.4 Å². The Morgan fingerprint density at radius 3 is 2.87 bits per heavy atom. The van der Waals surface area contributed by atoms with Gasteiger partial charge in [0, 0.05) is 46.8 Å². The molecule has 0 saturated carbocycles. The highest BCUT2D eigenvalue weighted by Crippen LogP contribution is 2.19. The van der Waals surface area contributed by atoms with E-state index in [-0.39, 0.29) is 41.8 Å². The maximum absolute atomic E-state index is 12.0. The zero-order chi connectivity index (χ0) is 16.1. The van der Waals surface area contributed by atoms with Crippen LogP contribution in [0.1, 0.15) is 25.1 Å². The number of likely N-dealkylation sites (tertiary alicyclic amines) is 1. The Hall–Kier alpha value is -0.350. The molecule has 2 N–H and O–H groups in total. The van der Waals surface area contributed by atoms with Crippen LogP contribution < -0.4 is 10.6 Å². The molecule has 1 aliphatic heterocycles. The largest absolute Gasteiger partial charge is 0.352 e. The van der Waals surface area contributed by atoms with Crippen LogP contribution in [0.4, 0.5) is 0 Å². The summed E-state index contributed by atoms with van der Waals surface area (Å²) in [5.41, 5.74) is 0. The molecule has 1 aromatic heterocycles. The molecule has 2 rings (SSSR count). The van der Waals surface area contributed by atoms with Gasteiger partial charge in [0.1, 0.15) is 0 Å². The third-order valence-corrected chi connectivity index (χ3v) is 5.31. The van der Waals surface area contributed by atoms with Crippen molar-refractivity contribution >= 4 is 63.1 Å². The molecule has 1 fully saturated rings. The zero-order valence-electron chi connectivity index (χ0n) is 13.6. The number of guanidine groups is 1. The Bertz CT molecular complexity index is 549. The standard InChI is InChI=1S/C15H23BrN4OS.HI/c1-10(2)14(21)20-5-4-12(8-20)19-15(17-3)18-7-13-6-11(16)9-22-13;/h6,9-10,12H,4-5,7-8H2,1-3H3,(H2,17,18,19);1H. The van der Waals surface area contributed by atoms with Gasteiger partial charge >= 0.3 is 0 Å². The minimum absolute atomic E-state index is 0. The third kappa shape index (κ3) is 6.22. The molecular formula is C15H24BrIN4OS. The maximum Gasteiger partial charge on any atom is 0.225 e. The van der Waals surface area contributed by atoms with E-state index in [0.29, 0.717) is 0 Å². The minimum atomic E-state index is 0. The Morgan fingerprint density at radius 2 is 2.30 bits per heavy atom. The number of nitrogens with one attached hydrogen (secondary N) is 2. The van der Waals surface area contributed by atoms with Crippen molar-refractivity contribution in [2.24, 2.45) is 10.9 Å². The average Bonchev–Trinajstić information content (AvgIpc) is 3.11. The normalized spacial score (nSPS) is 18.0. The first kappa shape index (κ1) is 20.7. The lowest BCUT2D eigenvalue weighted by molar-refractivity contribution is -0.133. The first-order chi connectivity index (χ1) is 10.5. The topological polar surface area (TPSA) is 56.7 Å². The number of hydrogen-bond donors (Lipinski definition) is 2. The number of aliphatic imine (C=N–C) groups is 1. The van der Waals surface area contributed by atoms with Gasteiger partial charge in [-0.25, -0.2) is 0 Å². The lowest BCUT2D eigenvalue weighted by atomic mass is 10.2. The van der Waals surface area contributed by atoms with Crippen molar-refractivity contribution in [3.63, 3.8) is 0 Å². The van der Waals surface area contributed by atoms with Gasteiger partial charge in [0.25, 0.3) is 0 Å². The number of halogens is 2. The summed E-state index contributed by atoms with van der Waals surface area (Å²) in [5, 5.41) is 8.79. The van der Waals surface area contributed by atoms with Crippen LogP contribution in [0.3, 0.4) is 0 Å². The monoisotopic (exact) mass is 514 g/mol. The second kappa shape index (κ2) is 9.83. The van der Waals surface area contributed by atoms with Crippen LogP contribution in [-0.4, -0.2) is 42.9 Å². The molecule has 1 atom stereocenters. The van der Waals surface area contributed by atoms with Crippen molar-refractivity contribution in [1.82, 2.24) is 15.5 Å². The molecule has 0 aromatic carbocycles. The molecule has 1 saturated heterocycles. The molecular weight excluding hydrogens is 491 g/mol. The predicted molar refractivity (Wildman–Crippen MR) is 111 cm³/mol. The van der Waals surface area contributed by atoms with Crippen LogP contribution in [0.2, 0.25) is 0 Å². The van der Waals surface area contributed by atoms with Crippen LogP contribution >= 0.6 is 51.2 Å². The number of amides is 1. The molecule has 0 radical (unpaired) electrons. The Kier molecular flexibility index (Phi) is 8.84. The van der Waals surface area contributed by atoms with Crippen LogP contribution in [0.5, 0.6) is 0 Å². The number of carbonyl (C=O) groups excluding carboxylic acids is 1. The van der Waals surface area contributed by atoms with E-state index in [1.165, 1.54) is 4.88 Å². The van der Waals surface area contributed by atoms with Crippen LogP contribution in [0, 0.1) is 5.92 Å². The fraction of sp³-hybridized carbons (Fsp3) is 0.600. The highest BCUT2D eigenvalue weighted by Gasteiger charge is 2.27. The molecule has 1 amide bonds. The van der Waals surface area contributed by atoms with Gasteiger partial charge in [-0.15, -0.1) is 35.3 Å². The molecule has 1 aliphatic rings. The summed E-state index contributed by atoms with van der Waals surface area (Å²) < 4.78 is 1.11. The van der Waals surface area contributed by atoms with Crippen molar-refractivity contribution in [3.05, 3.63) is 20.8 Å². The summed E-state index contributed by atoms with van der Waals surface area (Å²) in [4.78, 5) is 19.5. The summed E-state index contributed by atoms with van der Waals surface area (Å²) in [6.45, 7) is 6.22. The smallest absolute Gasteiger partial charge is 0.225 e. The highest BCUT2D eigenvalue weighted by atomic mass is 127. The van der Waals surface area contributed by atoms with Gasteiger partial charge in [0.2, 0.25) is 5.91 Å². The zero-order valence-corrected chi connectivity index (χ0v) is 18.4. The molecule has 0 bridgehead atoms. The van der Waals surface area contributed by atoms with E-state index in [4.69, 9.17) is 0 Å². The van der Waals surface area contributed by atoms with Crippen molar-refractivity contribution < 1.29 is 4.79 Å². The quantitative estimate of drug-likeness (QED) is 0.369. The van der Waals surface area contributed by atoms with E-state index in [0.717, 1.165) is 36.5 Å². The van der Waals surface area contributed by atoms with Crippen LogP contribution in [0.25, 0.3) is 0 Å². The molecule has 1 unspecified atom stereocenters. The Morgan fingerprint density at radius 1 is 1.57 bits per heavy atom. The van der Waals surface area contributed by atoms with Crippen molar-refractivity contribution in [2.45, 2.75) is 32.9 Å². The van der Waals surface area contributed by atoms with Gasteiger partial charge in [-0.05, 0) is 28.4 Å². The van der Waals surface area contributed by atoms with E-state index in [2.05, 4.69) is 43.0 Å². The molecule has 2 heterocycles. The summed E-state index contributed by atoms with van der Waals surface area (Å²) in [7, 11) is 1.77. The second-order valence-electron chi connectivity index (χ2n) is 5.73. The minimum Gasteiger partial charge on any atom is -0.352 e. The van der Waals surface area contributed by atoms with Crippen molar-refractivity contribution in [3.8, 4) is 0 Å². The van der Waals surface area contributed by atoms with Gasteiger partial charge < -0.3 is 15.5 Å². The molecule has 0 aliphatic carbocycles. The van der Waals surface area contributed by atoms with E-state index >= 15 is 0 Å². The average molecular weight is 515 g/mol. The number of hydrogen-bond acceptors (Lipinski definition) is 3. The number of nitrogens with zero attached hydrogens (tertiary/aromatic N) is 2. The first-order valence-corrected chi connectivity index (χ1v) is 9.15. The Labute approximate surface area is 167 Å². The molecule has 130 valence electrons. The van der Waals surface area contributed by atoms with Crippen molar-refractivity contribution in [2.75, 3.05) is 20.1 Å². The van der Waals surface area contributed by atoms with Crippen LogP contribution in [-0.2, 0) is 11.3 Å². The van der Waals surface area contributed by atoms with Gasteiger partial charge in [0.15, 0.2) is 5.96 Å². The molecule has 0 spiro atoms. The maximum atomic E-state index is 12.0. The fourth-order valence-corrected chi connectivity index (χ4v) is 3.84.